The first kappa shape index (κ1) is 26.9. The Labute approximate surface area is 166 Å². The molecule has 0 aliphatic rings. The Morgan fingerprint density at radius 3 is 2.04 bits per heavy atom. The van der Waals surface area contributed by atoms with Crippen molar-refractivity contribution in [2.45, 2.75) is 61.0 Å². The number of benzene rings is 2. The van der Waals surface area contributed by atoms with Gasteiger partial charge in [0.1, 0.15) is 0 Å². The molecule has 148 valence electrons. The summed E-state index contributed by atoms with van der Waals surface area (Å²) in [7, 11) is 0. The molecule has 0 aliphatic carbocycles. The monoisotopic (exact) mass is 379 g/mol. The van der Waals surface area contributed by atoms with E-state index in [0.29, 0.717) is 11.6 Å². The standard InChI is InChI=1S/C17H20ClNO.3C2H6/c1-13-5-7-14(8-6-13)9-10-19-12-17(20)15-3-2-4-16(18)11-15;3*1-2/h2-8,11,17,19-20H,9-10,12H2,1H3;3*1-2H3. The maximum atomic E-state index is 10.1. The molecular weight excluding hydrogens is 342 g/mol. The Morgan fingerprint density at radius 1 is 0.923 bits per heavy atom. The van der Waals surface area contributed by atoms with E-state index in [1.165, 1.54) is 11.1 Å². The second kappa shape index (κ2) is 18.4. The van der Waals surface area contributed by atoms with Crippen molar-refractivity contribution < 1.29 is 5.11 Å². The van der Waals surface area contributed by atoms with Gasteiger partial charge in [-0.2, -0.15) is 0 Å². The molecule has 0 fully saturated rings. The van der Waals surface area contributed by atoms with E-state index >= 15 is 0 Å². The molecule has 26 heavy (non-hydrogen) atoms. The van der Waals surface area contributed by atoms with Crippen molar-refractivity contribution >= 4 is 11.6 Å². The van der Waals surface area contributed by atoms with Gasteiger partial charge in [0.15, 0.2) is 0 Å². The van der Waals surface area contributed by atoms with Gasteiger partial charge in [0.05, 0.1) is 6.10 Å². The average molecular weight is 380 g/mol. The summed E-state index contributed by atoms with van der Waals surface area (Å²) in [4.78, 5) is 0. The van der Waals surface area contributed by atoms with Gasteiger partial charge in [-0.3, -0.25) is 0 Å². The minimum Gasteiger partial charge on any atom is -0.387 e. The van der Waals surface area contributed by atoms with E-state index in [-0.39, 0.29) is 0 Å². The molecular formula is C23H38ClNO. The number of aryl methyl sites for hydroxylation is 1. The minimum absolute atomic E-state index is 0.522. The van der Waals surface area contributed by atoms with E-state index in [1.54, 1.807) is 6.07 Å². The molecule has 1 atom stereocenters. The molecule has 2 aromatic carbocycles. The van der Waals surface area contributed by atoms with Gasteiger partial charge in [-0.1, -0.05) is 95.1 Å². The van der Waals surface area contributed by atoms with Crippen LogP contribution in [0.4, 0.5) is 0 Å². The van der Waals surface area contributed by atoms with Crippen molar-refractivity contribution in [1.82, 2.24) is 5.32 Å². The van der Waals surface area contributed by atoms with Gasteiger partial charge in [0, 0.05) is 11.6 Å². The van der Waals surface area contributed by atoms with E-state index in [9.17, 15) is 5.11 Å². The smallest absolute Gasteiger partial charge is 0.0914 e. The van der Waals surface area contributed by atoms with Crippen LogP contribution in [0.15, 0.2) is 48.5 Å². The van der Waals surface area contributed by atoms with Crippen LogP contribution in [0, 0.1) is 6.92 Å². The van der Waals surface area contributed by atoms with Crippen molar-refractivity contribution in [3.05, 3.63) is 70.2 Å². The van der Waals surface area contributed by atoms with Crippen LogP contribution in [-0.4, -0.2) is 18.2 Å². The molecule has 1 unspecified atom stereocenters. The zero-order chi connectivity index (χ0) is 20.4. The lowest BCUT2D eigenvalue weighted by atomic mass is 10.1. The molecule has 2 aromatic rings. The number of halogens is 1. The summed E-state index contributed by atoms with van der Waals surface area (Å²) < 4.78 is 0. The molecule has 0 aliphatic heterocycles. The first-order valence-electron chi connectivity index (χ1n) is 9.85. The summed E-state index contributed by atoms with van der Waals surface area (Å²) in [5.41, 5.74) is 3.43. The first-order valence-corrected chi connectivity index (χ1v) is 10.2. The molecule has 3 heteroatoms. The normalized spacial score (nSPS) is 10.2. The predicted molar refractivity (Wildman–Crippen MR) is 118 cm³/mol. The summed E-state index contributed by atoms with van der Waals surface area (Å²) in [6.07, 6.45) is 0.439. The van der Waals surface area contributed by atoms with Crippen molar-refractivity contribution in [1.29, 1.82) is 0 Å². The van der Waals surface area contributed by atoms with Crippen LogP contribution in [0.1, 0.15) is 64.3 Å². The summed E-state index contributed by atoms with van der Waals surface area (Å²) in [6.45, 7) is 15.5. The zero-order valence-electron chi connectivity index (χ0n) is 17.6. The van der Waals surface area contributed by atoms with E-state index in [2.05, 4.69) is 36.5 Å². The van der Waals surface area contributed by atoms with Gasteiger partial charge < -0.3 is 10.4 Å². The summed E-state index contributed by atoms with van der Waals surface area (Å²) in [6, 6.07) is 15.9. The fraction of sp³-hybridized carbons (Fsp3) is 0.478. The van der Waals surface area contributed by atoms with Crippen LogP contribution in [0.5, 0.6) is 0 Å². The Kier molecular flexibility index (Phi) is 19.1. The molecule has 0 spiro atoms. The molecule has 0 saturated carbocycles. The fourth-order valence-electron chi connectivity index (χ4n) is 2.06. The number of aliphatic hydroxyl groups excluding tert-OH is 1. The lowest BCUT2D eigenvalue weighted by molar-refractivity contribution is 0.175. The molecule has 0 saturated heterocycles. The van der Waals surface area contributed by atoms with Gasteiger partial charge in [0.25, 0.3) is 0 Å². The lowest BCUT2D eigenvalue weighted by Gasteiger charge is -2.12. The highest BCUT2D eigenvalue weighted by molar-refractivity contribution is 6.30. The summed E-state index contributed by atoms with van der Waals surface area (Å²) in [5, 5.41) is 14.0. The molecule has 2 nitrogen and oxygen atoms in total. The largest absolute Gasteiger partial charge is 0.387 e. The van der Waals surface area contributed by atoms with Crippen molar-refractivity contribution in [3.8, 4) is 0 Å². The third-order valence-corrected chi connectivity index (χ3v) is 3.52. The van der Waals surface area contributed by atoms with Crippen LogP contribution >= 0.6 is 11.6 Å². The molecule has 0 amide bonds. The van der Waals surface area contributed by atoms with Crippen molar-refractivity contribution in [2.75, 3.05) is 13.1 Å². The Hall–Kier alpha value is -1.35. The lowest BCUT2D eigenvalue weighted by Crippen LogP contribution is -2.23. The van der Waals surface area contributed by atoms with Crippen LogP contribution < -0.4 is 5.32 Å². The highest BCUT2D eigenvalue weighted by Crippen LogP contribution is 2.16. The molecule has 0 radical (unpaired) electrons. The maximum Gasteiger partial charge on any atom is 0.0914 e. The first-order chi connectivity index (χ1) is 12.6. The molecule has 0 bridgehead atoms. The van der Waals surface area contributed by atoms with Crippen molar-refractivity contribution in [2.24, 2.45) is 0 Å². The van der Waals surface area contributed by atoms with Gasteiger partial charge >= 0.3 is 0 Å². The van der Waals surface area contributed by atoms with Crippen LogP contribution in [0.3, 0.4) is 0 Å². The topological polar surface area (TPSA) is 32.3 Å². The highest BCUT2D eigenvalue weighted by Gasteiger charge is 2.06. The predicted octanol–water partition coefficient (Wildman–Crippen LogP) is 6.59. The summed E-state index contributed by atoms with van der Waals surface area (Å²) >= 11 is 5.91. The third kappa shape index (κ3) is 12.1. The quantitative estimate of drug-likeness (QED) is 0.554. The minimum atomic E-state index is -0.522. The SMILES string of the molecule is CC.CC.CC.Cc1ccc(CCNCC(O)c2cccc(Cl)c2)cc1. The number of nitrogens with one attached hydrogen (secondary N) is 1. The van der Waals surface area contributed by atoms with E-state index in [0.717, 1.165) is 18.5 Å². The zero-order valence-corrected chi connectivity index (χ0v) is 18.4. The summed E-state index contributed by atoms with van der Waals surface area (Å²) in [5.74, 6) is 0. The average Bonchev–Trinajstić information content (AvgIpc) is 2.71. The van der Waals surface area contributed by atoms with Crippen LogP contribution in [0.2, 0.25) is 5.02 Å². The number of aliphatic hydroxyl groups is 1. The Bertz CT molecular complexity index is 540. The number of rotatable bonds is 6. The van der Waals surface area contributed by atoms with Gasteiger partial charge in [-0.15, -0.1) is 0 Å². The molecule has 0 heterocycles. The third-order valence-electron chi connectivity index (χ3n) is 3.28. The fourth-order valence-corrected chi connectivity index (χ4v) is 2.26. The van der Waals surface area contributed by atoms with Gasteiger partial charge in [0.2, 0.25) is 0 Å². The molecule has 2 N–H and O–H groups in total. The van der Waals surface area contributed by atoms with E-state index in [1.807, 2.05) is 59.7 Å². The van der Waals surface area contributed by atoms with Crippen LogP contribution in [0.25, 0.3) is 0 Å². The second-order valence-electron chi connectivity index (χ2n) is 5.01. The number of hydrogen-bond donors (Lipinski definition) is 2. The van der Waals surface area contributed by atoms with Gasteiger partial charge in [-0.25, -0.2) is 0 Å². The van der Waals surface area contributed by atoms with E-state index < -0.39 is 6.10 Å². The maximum absolute atomic E-state index is 10.1. The van der Waals surface area contributed by atoms with Gasteiger partial charge in [-0.05, 0) is 43.1 Å². The Morgan fingerprint density at radius 2 is 1.50 bits per heavy atom. The van der Waals surface area contributed by atoms with Crippen molar-refractivity contribution in [3.63, 3.8) is 0 Å². The molecule has 2 rings (SSSR count). The van der Waals surface area contributed by atoms with E-state index in [4.69, 9.17) is 11.6 Å². The number of hydrogen-bond acceptors (Lipinski definition) is 2. The van der Waals surface area contributed by atoms with Crippen LogP contribution in [-0.2, 0) is 6.42 Å². The molecule has 0 aromatic heterocycles. The second-order valence-corrected chi connectivity index (χ2v) is 5.45. The Balaban J connectivity index is 0. The highest BCUT2D eigenvalue weighted by atomic mass is 35.5.